The van der Waals surface area contributed by atoms with Gasteiger partial charge in [0.2, 0.25) is 5.82 Å². The van der Waals surface area contributed by atoms with Crippen molar-refractivity contribution in [2.45, 2.75) is 6.92 Å². The van der Waals surface area contributed by atoms with Gasteiger partial charge >= 0.3 is 0 Å². The number of aromatic amines is 2. The highest BCUT2D eigenvalue weighted by atomic mass is 15.5. The van der Waals surface area contributed by atoms with Crippen molar-refractivity contribution < 1.29 is 0 Å². The van der Waals surface area contributed by atoms with Crippen LogP contribution in [0, 0.1) is 18.3 Å². The summed E-state index contributed by atoms with van der Waals surface area (Å²) < 4.78 is 0. The predicted molar refractivity (Wildman–Crippen MR) is 97.7 cm³/mol. The minimum Gasteiger partial charge on any atom is -0.360 e. The molecule has 8 nitrogen and oxygen atoms in total. The van der Waals surface area contributed by atoms with Crippen LogP contribution < -0.4 is 5.32 Å². The first-order valence-corrected chi connectivity index (χ1v) is 7.90. The first kappa shape index (κ1) is 15.5. The summed E-state index contributed by atoms with van der Waals surface area (Å²) in [5, 5.41) is 25.6. The molecule has 0 aliphatic rings. The van der Waals surface area contributed by atoms with Crippen LogP contribution >= 0.6 is 0 Å². The second-order valence-electron chi connectivity index (χ2n) is 5.73. The van der Waals surface area contributed by atoms with Crippen LogP contribution in [-0.4, -0.2) is 30.6 Å². The number of nitriles is 1. The van der Waals surface area contributed by atoms with E-state index < -0.39 is 0 Å². The van der Waals surface area contributed by atoms with Gasteiger partial charge < -0.3 is 10.3 Å². The van der Waals surface area contributed by atoms with Crippen molar-refractivity contribution in [2.75, 3.05) is 5.32 Å². The number of anilines is 1. The van der Waals surface area contributed by atoms with Crippen LogP contribution in [0.25, 0.3) is 28.0 Å². The molecule has 0 unspecified atom stereocenters. The number of hydrogen-bond acceptors (Lipinski definition) is 6. The maximum atomic E-state index is 9.16. The Labute approximate surface area is 148 Å². The summed E-state index contributed by atoms with van der Waals surface area (Å²) in [6, 6.07) is 15.9. The maximum absolute atomic E-state index is 9.16. The monoisotopic (exact) mass is 342 g/mol. The number of H-pyrrole nitrogens is 2. The second-order valence-corrected chi connectivity index (χ2v) is 5.73. The number of rotatable bonds is 4. The van der Waals surface area contributed by atoms with Gasteiger partial charge in [-0.05, 0) is 54.1 Å². The molecule has 0 aliphatic carbocycles. The van der Waals surface area contributed by atoms with E-state index >= 15 is 0 Å². The number of fused-ring (bicyclic) bond motifs is 1. The summed E-state index contributed by atoms with van der Waals surface area (Å²) in [6.45, 7) is 2.05. The zero-order chi connectivity index (χ0) is 17.9. The second kappa shape index (κ2) is 6.49. The Bertz CT molecular complexity index is 1110. The molecule has 4 rings (SSSR count). The minimum absolute atomic E-state index is 0.245. The van der Waals surface area contributed by atoms with Crippen molar-refractivity contribution in [1.29, 1.82) is 5.26 Å². The van der Waals surface area contributed by atoms with Gasteiger partial charge in [-0.1, -0.05) is 6.07 Å². The fourth-order valence-corrected chi connectivity index (χ4v) is 2.56. The van der Waals surface area contributed by atoms with Gasteiger partial charge in [-0.25, -0.2) is 4.98 Å². The summed E-state index contributed by atoms with van der Waals surface area (Å²) in [4.78, 5) is 7.95. The topological polar surface area (TPSA) is 119 Å². The standard InChI is InChI=1S/C18H14N8/c1-11-2-7-15-16(8-11)22-17(21-15)12-3-5-14(6-4-12)20-10-13(9-19)18-23-25-26-24-18/h2-8,10,20H,1H3,(H,21,22)(H,23,24,25,26). The third-order valence-electron chi connectivity index (χ3n) is 3.89. The number of nitrogens with zero attached hydrogens (tertiary/aromatic N) is 5. The molecule has 8 heteroatoms. The SMILES string of the molecule is Cc1ccc2nc(-c3ccc(NC=C(C#N)c4nn[nH]n4)cc3)[nH]c2c1. The van der Waals surface area contributed by atoms with Crippen LogP contribution in [0.1, 0.15) is 11.4 Å². The molecule has 26 heavy (non-hydrogen) atoms. The molecule has 0 saturated heterocycles. The largest absolute Gasteiger partial charge is 0.360 e. The molecule has 0 saturated carbocycles. The molecule has 0 amide bonds. The Balaban J connectivity index is 1.55. The number of nitrogens with one attached hydrogen (secondary N) is 3. The lowest BCUT2D eigenvalue weighted by Gasteiger charge is -2.02. The average Bonchev–Trinajstić information content (AvgIpc) is 3.32. The quantitative estimate of drug-likeness (QED) is 0.490. The highest BCUT2D eigenvalue weighted by Crippen LogP contribution is 2.23. The lowest BCUT2D eigenvalue weighted by molar-refractivity contribution is 0.881. The summed E-state index contributed by atoms with van der Waals surface area (Å²) >= 11 is 0. The Morgan fingerprint density at radius 1 is 1.19 bits per heavy atom. The van der Waals surface area contributed by atoms with E-state index in [2.05, 4.69) is 48.9 Å². The molecule has 0 fully saturated rings. The van der Waals surface area contributed by atoms with Crippen LogP contribution in [0.3, 0.4) is 0 Å². The molecule has 2 aromatic carbocycles. The number of aryl methyl sites for hydroxylation is 1. The van der Waals surface area contributed by atoms with Crippen LogP contribution in [0.15, 0.2) is 48.7 Å². The Hall–Kier alpha value is -3.99. The van der Waals surface area contributed by atoms with Crippen molar-refractivity contribution in [3.63, 3.8) is 0 Å². The summed E-state index contributed by atoms with van der Waals surface area (Å²) in [6.07, 6.45) is 1.55. The molecule has 0 aliphatic heterocycles. The summed E-state index contributed by atoms with van der Waals surface area (Å²) in [7, 11) is 0. The molecule has 0 bridgehead atoms. The van der Waals surface area contributed by atoms with E-state index in [1.165, 1.54) is 5.56 Å². The lowest BCUT2D eigenvalue weighted by atomic mass is 10.2. The van der Waals surface area contributed by atoms with Gasteiger partial charge in [0.15, 0.2) is 0 Å². The van der Waals surface area contributed by atoms with Crippen LogP contribution in [0.4, 0.5) is 5.69 Å². The van der Waals surface area contributed by atoms with Gasteiger partial charge in [0, 0.05) is 17.5 Å². The van der Waals surface area contributed by atoms with Gasteiger partial charge in [-0.15, -0.1) is 10.2 Å². The molecule has 2 aromatic heterocycles. The number of aromatic nitrogens is 6. The predicted octanol–water partition coefficient (Wildman–Crippen LogP) is 3.03. The van der Waals surface area contributed by atoms with Gasteiger partial charge in [-0.3, -0.25) is 0 Å². The van der Waals surface area contributed by atoms with E-state index in [0.29, 0.717) is 0 Å². The van der Waals surface area contributed by atoms with Gasteiger partial charge in [-0.2, -0.15) is 10.5 Å². The highest BCUT2D eigenvalue weighted by Gasteiger charge is 2.07. The van der Waals surface area contributed by atoms with Crippen molar-refractivity contribution >= 4 is 22.3 Å². The van der Waals surface area contributed by atoms with Gasteiger partial charge in [0.25, 0.3) is 0 Å². The third kappa shape index (κ3) is 3.01. The third-order valence-corrected chi connectivity index (χ3v) is 3.89. The fraction of sp³-hybridized carbons (Fsp3) is 0.0556. The normalized spacial score (nSPS) is 11.5. The number of imidazole rings is 1. The summed E-state index contributed by atoms with van der Waals surface area (Å²) in [5.41, 5.74) is 5.24. The number of benzene rings is 2. The minimum atomic E-state index is 0.245. The van der Waals surface area contributed by atoms with Crippen molar-refractivity contribution in [3.05, 3.63) is 60.1 Å². The molecule has 0 atom stereocenters. The highest BCUT2D eigenvalue weighted by molar-refractivity contribution is 5.80. The zero-order valence-electron chi connectivity index (χ0n) is 13.9. The fourth-order valence-electron chi connectivity index (χ4n) is 2.56. The van der Waals surface area contributed by atoms with Crippen LogP contribution in [-0.2, 0) is 0 Å². The molecule has 3 N–H and O–H groups in total. The maximum Gasteiger partial charge on any atom is 0.216 e. The molecule has 0 spiro atoms. The molecule has 2 heterocycles. The first-order valence-electron chi connectivity index (χ1n) is 7.90. The average molecular weight is 342 g/mol. The molecule has 126 valence electrons. The smallest absolute Gasteiger partial charge is 0.216 e. The van der Waals surface area contributed by atoms with Crippen LogP contribution in [0.2, 0.25) is 0 Å². The number of tetrazole rings is 1. The van der Waals surface area contributed by atoms with E-state index in [-0.39, 0.29) is 11.4 Å². The molecular weight excluding hydrogens is 328 g/mol. The van der Waals surface area contributed by atoms with Gasteiger partial charge in [0.05, 0.1) is 11.0 Å². The van der Waals surface area contributed by atoms with E-state index in [1.54, 1.807) is 6.20 Å². The lowest BCUT2D eigenvalue weighted by Crippen LogP contribution is -1.93. The van der Waals surface area contributed by atoms with E-state index in [0.717, 1.165) is 28.1 Å². The zero-order valence-corrected chi connectivity index (χ0v) is 13.9. The van der Waals surface area contributed by atoms with Crippen LogP contribution in [0.5, 0.6) is 0 Å². The first-order chi connectivity index (χ1) is 12.7. The Morgan fingerprint density at radius 3 is 2.77 bits per heavy atom. The van der Waals surface area contributed by atoms with E-state index in [4.69, 9.17) is 5.26 Å². The molecule has 4 aromatic rings. The van der Waals surface area contributed by atoms with E-state index in [1.807, 2.05) is 42.5 Å². The van der Waals surface area contributed by atoms with Gasteiger partial charge in [0.1, 0.15) is 17.5 Å². The molecule has 0 radical (unpaired) electrons. The van der Waals surface area contributed by atoms with Crippen molar-refractivity contribution in [1.82, 2.24) is 30.6 Å². The van der Waals surface area contributed by atoms with Crippen molar-refractivity contribution in [2.24, 2.45) is 0 Å². The van der Waals surface area contributed by atoms with E-state index in [9.17, 15) is 0 Å². The number of allylic oxidation sites excluding steroid dienone is 1. The molecular formula is C18H14N8. The summed E-state index contributed by atoms with van der Waals surface area (Å²) in [5.74, 6) is 1.06. The Kier molecular flexibility index (Phi) is 3.88. The number of hydrogen-bond donors (Lipinski definition) is 3. The Morgan fingerprint density at radius 2 is 2.04 bits per heavy atom. The van der Waals surface area contributed by atoms with Crippen molar-refractivity contribution in [3.8, 4) is 17.5 Å².